The van der Waals surface area contributed by atoms with E-state index in [0.29, 0.717) is 92.3 Å². The summed E-state index contributed by atoms with van der Waals surface area (Å²) in [6, 6.07) is 26.3. The van der Waals surface area contributed by atoms with E-state index in [2.05, 4.69) is 115 Å². The lowest BCUT2D eigenvalue weighted by atomic mass is 9.79. The van der Waals surface area contributed by atoms with Gasteiger partial charge in [-0.3, -0.25) is 0 Å². The van der Waals surface area contributed by atoms with Crippen molar-refractivity contribution in [2.24, 2.45) is 0 Å². The quantitative estimate of drug-likeness (QED) is 0.0373. The Hall–Kier alpha value is -3.34. The van der Waals surface area contributed by atoms with Crippen molar-refractivity contribution in [1.29, 1.82) is 0 Å². The number of ether oxygens (including phenoxy) is 7. The molecule has 0 aromatic heterocycles. The molecule has 0 aliphatic carbocycles. The van der Waals surface area contributed by atoms with Crippen LogP contribution in [0.5, 0.6) is 0 Å². The first-order chi connectivity index (χ1) is 32.9. The van der Waals surface area contributed by atoms with E-state index in [-0.39, 0.29) is 26.4 Å². The van der Waals surface area contributed by atoms with Gasteiger partial charge in [0.2, 0.25) is 0 Å². The van der Waals surface area contributed by atoms with Crippen LogP contribution in [0.4, 0.5) is 17.1 Å². The molecular weight excluding hydrogens is 851 g/mol. The van der Waals surface area contributed by atoms with Gasteiger partial charge in [-0.25, -0.2) is 0 Å². The van der Waals surface area contributed by atoms with Crippen LogP contribution < -0.4 is 14.7 Å². The third-order valence-electron chi connectivity index (χ3n) is 11.7. The van der Waals surface area contributed by atoms with Crippen LogP contribution in [0.3, 0.4) is 0 Å². The minimum absolute atomic E-state index is 0.00186. The predicted molar refractivity (Wildman–Crippen MR) is 272 cm³/mol. The lowest BCUT2D eigenvalue weighted by Crippen LogP contribution is -2.35. The number of nitrogens with zero attached hydrogens (tertiary/aromatic N) is 3. The Bertz CT molecular complexity index is 1500. The van der Waals surface area contributed by atoms with Gasteiger partial charge in [0.15, 0.2) is 0 Å². The van der Waals surface area contributed by atoms with Gasteiger partial charge in [0.05, 0.1) is 92.5 Å². The van der Waals surface area contributed by atoms with Crippen LogP contribution in [0, 0.1) is 0 Å². The van der Waals surface area contributed by atoms with E-state index in [4.69, 9.17) is 43.4 Å². The number of benzene rings is 3. The Labute approximate surface area is 404 Å². The average molecular weight is 940 g/mol. The predicted octanol–water partition coefficient (Wildman–Crippen LogP) is 8.08. The van der Waals surface area contributed by atoms with Gasteiger partial charge < -0.3 is 63.2 Å². The van der Waals surface area contributed by atoms with Gasteiger partial charge >= 0.3 is 0 Å². The maximum absolute atomic E-state index is 9.35. The van der Waals surface area contributed by atoms with Crippen molar-refractivity contribution < 1.29 is 48.5 Å². The van der Waals surface area contributed by atoms with Crippen molar-refractivity contribution in [3.63, 3.8) is 0 Å². The van der Waals surface area contributed by atoms with Crippen LogP contribution in [-0.2, 0) is 38.8 Å². The summed E-state index contributed by atoms with van der Waals surface area (Å²) >= 11 is 0. The normalized spacial score (nSPS) is 12.4. The molecule has 13 heteroatoms. The summed E-state index contributed by atoms with van der Waals surface area (Å²) in [5, 5.41) is 27.4. The van der Waals surface area contributed by atoms with Crippen LogP contribution >= 0.6 is 0 Å². The van der Waals surface area contributed by atoms with Crippen molar-refractivity contribution >= 4 is 17.1 Å². The van der Waals surface area contributed by atoms with Gasteiger partial charge in [-0.15, -0.1) is 0 Å². The largest absolute Gasteiger partial charge is 0.394 e. The highest BCUT2D eigenvalue weighted by atomic mass is 16.5. The Morgan fingerprint density at radius 2 is 0.687 bits per heavy atom. The Morgan fingerprint density at radius 1 is 0.358 bits per heavy atom. The van der Waals surface area contributed by atoms with Gasteiger partial charge in [0.1, 0.15) is 5.60 Å². The first-order valence-corrected chi connectivity index (χ1v) is 25.4. The molecule has 13 nitrogen and oxygen atoms in total. The maximum atomic E-state index is 9.35. The van der Waals surface area contributed by atoms with Gasteiger partial charge in [-0.05, 0) is 65.9 Å². The fraction of sp³-hybridized carbons (Fsp3) is 0.667. The van der Waals surface area contributed by atoms with E-state index >= 15 is 0 Å². The first kappa shape index (κ1) is 58.0. The monoisotopic (exact) mass is 940 g/mol. The van der Waals surface area contributed by atoms with Crippen molar-refractivity contribution in [1.82, 2.24) is 0 Å². The molecule has 0 saturated heterocycles. The number of unbranched alkanes of at least 4 members (excludes halogenated alkanes) is 9. The second-order valence-corrected chi connectivity index (χ2v) is 17.1. The summed E-state index contributed by atoms with van der Waals surface area (Å²) < 4.78 is 41.7. The van der Waals surface area contributed by atoms with Crippen molar-refractivity contribution in [2.75, 3.05) is 161 Å². The van der Waals surface area contributed by atoms with Gasteiger partial charge in [-0.2, -0.15) is 0 Å². The lowest BCUT2D eigenvalue weighted by molar-refractivity contribution is 0.0106. The molecule has 0 aliphatic heterocycles. The molecular formula is C54H89N3O10. The number of anilines is 3. The summed E-state index contributed by atoms with van der Waals surface area (Å²) in [4.78, 5) is 6.67. The third-order valence-corrected chi connectivity index (χ3v) is 11.7. The SMILES string of the molecule is CCCCCCCCCCCCOC(c1ccc(N(C)C)cc1)(c1ccc(N(CCOCCC)CCOCCOCCO)cc1)c1ccc(N(CCOCCO)CCOCCOCCO)cc1. The molecule has 3 rings (SSSR count). The van der Waals surface area contributed by atoms with E-state index < -0.39 is 5.60 Å². The number of hydrogen-bond acceptors (Lipinski definition) is 13. The van der Waals surface area contributed by atoms with Crippen LogP contribution in [-0.4, -0.2) is 161 Å². The van der Waals surface area contributed by atoms with Gasteiger partial charge in [0.25, 0.3) is 0 Å². The molecule has 0 radical (unpaired) electrons. The molecule has 0 heterocycles. The molecule has 380 valence electrons. The molecule has 0 bridgehead atoms. The fourth-order valence-corrected chi connectivity index (χ4v) is 8.00. The van der Waals surface area contributed by atoms with Crippen molar-refractivity contribution in [2.45, 2.75) is 90.1 Å². The smallest absolute Gasteiger partial charge is 0.143 e. The zero-order chi connectivity index (χ0) is 48.1. The number of aliphatic hydroxyl groups is 3. The second kappa shape index (κ2) is 37.5. The van der Waals surface area contributed by atoms with E-state index in [1.54, 1.807) is 0 Å². The number of rotatable bonds is 44. The minimum Gasteiger partial charge on any atom is -0.394 e. The van der Waals surface area contributed by atoms with Crippen LogP contribution in [0.25, 0.3) is 0 Å². The Morgan fingerprint density at radius 3 is 1.04 bits per heavy atom. The lowest BCUT2D eigenvalue weighted by Gasteiger charge is -2.37. The summed E-state index contributed by atoms with van der Waals surface area (Å²) in [5.41, 5.74) is 5.43. The molecule has 3 aromatic rings. The molecule has 0 fully saturated rings. The Kier molecular flexibility index (Phi) is 32.5. The molecule has 0 aliphatic rings. The highest BCUT2D eigenvalue weighted by molar-refractivity contribution is 5.58. The third kappa shape index (κ3) is 22.8. The van der Waals surface area contributed by atoms with Crippen molar-refractivity contribution in [3.05, 3.63) is 89.5 Å². The number of hydrogen-bond donors (Lipinski definition) is 3. The van der Waals surface area contributed by atoms with E-state index in [0.717, 1.165) is 66.2 Å². The molecule has 0 spiro atoms. The van der Waals surface area contributed by atoms with Crippen LogP contribution in [0.1, 0.15) is 101 Å². The van der Waals surface area contributed by atoms with Crippen LogP contribution in [0.2, 0.25) is 0 Å². The summed E-state index contributed by atoms with van der Waals surface area (Å²) in [6.07, 6.45) is 13.5. The summed E-state index contributed by atoms with van der Waals surface area (Å²) in [5.74, 6) is 0. The summed E-state index contributed by atoms with van der Waals surface area (Å²) in [6.45, 7) is 13.1. The number of aliphatic hydroxyl groups excluding tert-OH is 3. The molecule has 3 aromatic carbocycles. The summed E-state index contributed by atoms with van der Waals surface area (Å²) in [7, 11) is 4.13. The van der Waals surface area contributed by atoms with Crippen LogP contribution in [0.15, 0.2) is 72.8 Å². The fourth-order valence-electron chi connectivity index (χ4n) is 8.00. The van der Waals surface area contributed by atoms with Crippen molar-refractivity contribution in [3.8, 4) is 0 Å². The Balaban J connectivity index is 2.01. The van der Waals surface area contributed by atoms with E-state index in [9.17, 15) is 5.11 Å². The standard InChI is InChI=1S/C54H89N3O10/c1-5-7-8-9-10-11-12-13-14-15-36-67-54(48-16-22-51(23-17-48)55(3)4,49-18-24-52(25-19-49)56(28-37-61-35-6-2)30-39-63-44-46-65-42-33-59)50-20-26-53(27-21-50)57(29-38-62-41-32-58)31-40-64-45-47-66-43-34-60/h16-27,58-60H,5-15,28-47H2,1-4H3. The minimum atomic E-state index is -0.916. The topological polar surface area (TPSA) is 135 Å². The maximum Gasteiger partial charge on any atom is 0.143 e. The highest BCUT2D eigenvalue weighted by Gasteiger charge is 2.38. The molecule has 0 saturated carbocycles. The second-order valence-electron chi connectivity index (χ2n) is 17.1. The zero-order valence-electron chi connectivity index (χ0n) is 41.9. The molecule has 67 heavy (non-hydrogen) atoms. The highest BCUT2D eigenvalue weighted by Crippen LogP contribution is 2.42. The van der Waals surface area contributed by atoms with E-state index in [1.807, 2.05) is 0 Å². The molecule has 0 amide bonds. The molecule has 1 atom stereocenters. The van der Waals surface area contributed by atoms with Gasteiger partial charge in [-0.1, -0.05) is 108 Å². The zero-order valence-corrected chi connectivity index (χ0v) is 41.9. The van der Waals surface area contributed by atoms with Gasteiger partial charge in [0, 0.05) is 70.6 Å². The first-order valence-electron chi connectivity index (χ1n) is 25.4. The molecule has 1 unspecified atom stereocenters. The average Bonchev–Trinajstić information content (AvgIpc) is 3.35. The molecule has 3 N–H and O–H groups in total. The van der Waals surface area contributed by atoms with E-state index in [1.165, 1.54) is 51.4 Å².